The lowest BCUT2D eigenvalue weighted by Crippen LogP contribution is -2.25. The molecular weight excluding hydrogens is 314 g/mol. The molecule has 1 N–H and O–H groups in total. The summed E-state index contributed by atoms with van der Waals surface area (Å²) in [4.78, 5) is 16.5. The molecule has 0 amide bonds. The molecule has 0 bridgehead atoms. The Kier molecular flexibility index (Phi) is 5.20. The van der Waals surface area contributed by atoms with E-state index < -0.39 is 5.56 Å². The lowest BCUT2D eigenvalue weighted by atomic mass is 10.1. The molecule has 2 aromatic rings. The molecule has 0 aliphatic rings. The number of aliphatic imine (C=N–C) groups is 1. The summed E-state index contributed by atoms with van der Waals surface area (Å²) in [5.41, 5.74) is 0.809. The summed E-state index contributed by atoms with van der Waals surface area (Å²) in [5.74, 6) is -0.191. The number of aromatic nitrogens is 1. The van der Waals surface area contributed by atoms with Gasteiger partial charge in [-0.2, -0.15) is 5.26 Å². The van der Waals surface area contributed by atoms with Crippen LogP contribution in [0.3, 0.4) is 0 Å². The van der Waals surface area contributed by atoms with Gasteiger partial charge in [0.25, 0.3) is 5.56 Å². The summed E-state index contributed by atoms with van der Waals surface area (Å²) >= 11 is 6.05. The SMILES string of the molecule is CCCn1c(O)c(C=Nc2ccccc2Cl)c(C)c(C#N)c1=O. The monoisotopic (exact) mass is 329 g/mol. The van der Waals surface area contributed by atoms with Gasteiger partial charge in [-0.25, -0.2) is 0 Å². The van der Waals surface area contributed by atoms with Crippen LogP contribution < -0.4 is 5.56 Å². The van der Waals surface area contributed by atoms with Crippen LogP contribution in [0.2, 0.25) is 5.02 Å². The van der Waals surface area contributed by atoms with E-state index in [1.165, 1.54) is 10.8 Å². The third-order valence-corrected chi connectivity index (χ3v) is 3.80. The van der Waals surface area contributed by atoms with Crippen molar-refractivity contribution >= 4 is 23.5 Å². The number of para-hydroxylation sites is 1. The molecule has 0 aliphatic heterocycles. The van der Waals surface area contributed by atoms with Crippen molar-refractivity contribution in [3.8, 4) is 11.9 Å². The van der Waals surface area contributed by atoms with Crippen LogP contribution >= 0.6 is 11.6 Å². The van der Waals surface area contributed by atoms with Gasteiger partial charge >= 0.3 is 0 Å². The van der Waals surface area contributed by atoms with E-state index in [0.717, 1.165) is 0 Å². The van der Waals surface area contributed by atoms with Gasteiger partial charge in [-0.05, 0) is 31.0 Å². The average Bonchev–Trinajstić information content (AvgIpc) is 2.53. The number of rotatable bonds is 4. The fourth-order valence-corrected chi connectivity index (χ4v) is 2.43. The first-order valence-corrected chi connectivity index (χ1v) is 7.54. The Hall–Kier alpha value is -2.58. The third-order valence-electron chi connectivity index (χ3n) is 3.48. The zero-order valence-corrected chi connectivity index (χ0v) is 13.6. The van der Waals surface area contributed by atoms with Gasteiger partial charge in [0.15, 0.2) is 0 Å². The molecule has 0 atom stereocenters. The molecule has 0 fully saturated rings. The van der Waals surface area contributed by atoms with Gasteiger partial charge in [0, 0.05) is 12.8 Å². The standard InChI is InChI=1S/C17H16ClN3O2/c1-3-8-21-16(22)12(9-19)11(2)13(17(21)23)10-20-15-7-5-4-6-14(15)18/h4-7,10,23H,3,8H2,1-2H3. The Labute approximate surface area is 139 Å². The maximum Gasteiger partial charge on any atom is 0.271 e. The number of hydrogen-bond acceptors (Lipinski definition) is 4. The number of aromatic hydroxyl groups is 1. The van der Waals surface area contributed by atoms with Crippen LogP contribution in [0.5, 0.6) is 5.88 Å². The fourth-order valence-electron chi connectivity index (χ4n) is 2.25. The number of hydrogen-bond donors (Lipinski definition) is 1. The Morgan fingerprint density at radius 3 is 2.74 bits per heavy atom. The first-order chi connectivity index (χ1) is 11.0. The summed E-state index contributed by atoms with van der Waals surface area (Å²) < 4.78 is 1.19. The second-order valence-electron chi connectivity index (χ2n) is 5.02. The lowest BCUT2D eigenvalue weighted by molar-refractivity contribution is 0.403. The van der Waals surface area contributed by atoms with E-state index >= 15 is 0 Å². The van der Waals surface area contributed by atoms with Crippen LogP contribution in [0.1, 0.15) is 30.0 Å². The molecule has 1 heterocycles. The van der Waals surface area contributed by atoms with Gasteiger partial charge in [0.2, 0.25) is 5.88 Å². The van der Waals surface area contributed by atoms with Gasteiger partial charge in [0.1, 0.15) is 11.6 Å². The van der Waals surface area contributed by atoms with E-state index in [0.29, 0.717) is 34.8 Å². The number of pyridine rings is 1. The Morgan fingerprint density at radius 1 is 1.43 bits per heavy atom. The normalized spacial score (nSPS) is 10.9. The largest absolute Gasteiger partial charge is 0.494 e. The molecule has 2 rings (SSSR count). The molecule has 118 valence electrons. The highest BCUT2D eigenvalue weighted by molar-refractivity contribution is 6.33. The van der Waals surface area contributed by atoms with Crippen LogP contribution in [-0.2, 0) is 6.54 Å². The van der Waals surface area contributed by atoms with Crippen molar-refractivity contribution in [3.63, 3.8) is 0 Å². The summed E-state index contributed by atoms with van der Waals surface area (Å²) in [6.45, 7) is 3.83. The van der Waals surface area contributed by atoms with Gasteiger partial charge in [-0.3, -0.25) is 14.4 Å². The highest BCUT2D eigenvalue weighted by Gasteiger charge is 2.17. The molecule has 5 nitrogen and oxygen atoms in total. The predicted molar refractivity (Wildman–Crippen MR) is 90.8 cm³/mol. The van der Waals surface area contributed by atoms with Crippen molar-refractivity contribution in [2.24, 2.45) is 4.99 Å². The van der Waals surface area contributed by atoms with E-state index in [-0.39, 0.29) is 11.4 Å². The summed E-state index contributed by atoms with van der Waals surface area (Å²) in [6, 6.07) is 8.94. The van der Waals surface area contributed by atoms with Crippen LogP contribution in [0, 0.1) is 18.3 Å². The fraction of sp³-hybridized carbons (Fsp3) is 0.235. The average molecular weight is 330 g/mol. The van der Waals surface area contributed by atoms with Gasteiger partial charge < -0.3 is 5.11 Å². The van der Waals surface area contributed by atoms with Crippen LogP contribution in [0.25, 0.3) is 0 Å². The first kappa shape index (κ1) is 16.8. The molecule has 0 saturated carbocycles. The van der Waals surface area contributed by atoms with Crippen molar-refractivity contribution in [1.82, 2.24) is 4.57 Å². The zero-order valence-electron chi connectivity index (χ0n) is 12.9. The number of nitriles is 1. The van der Waals surface area contributed by atoms with Crippen LogP contribution in [-0.4, -0.2) is 15.9 Å². The topological polar surface area (TPSA) is 78.4 Å². The van der Waals surface area contributed by atoms with Crippen molar-refractivity contribution in [3.05, 3.63) is 56.3 Å². The van der Waals surface area contributed by atoms with Crippen LogP contribution in [0.4, 0.5) is 5.69 Å². The Balaban J connectivity index is 2.63. The molecule has 0 spiro atoms. The van der Waals surface area contributed by atoms with E-state index in [4.69, 9.17) is 11.6 Å². The maximum absolute atomic E-state index is 12.2. The van der Waals surface area contributed by atoms with Crippen molar-refractivity contribution < 1.29 is 5.11 Å². The van der Waals surface area contributed by atoms with E-state index in [9.17, 15) is 15.2 Å². The van der Waals surface area contributed by atoms with E-state index in [1.54, 1.807) is 31.2 Å². The smallest absolute Gasteiger partial charge is 0.271 e. The molecule has 23 heavy (non-hydrogen) atoms. The minimum Gasteiger partial charge on any atom is -0.494 e. The zero-order chi connectivity index (χ0) is 17.0. The molecular formula is C17H16ClN3O2. The summed E-state index contributed by atoms with van der Waals surface area (Å²) in [6.07, 6.45) is 2.08. The van der Waals surface area contributed by atoms with Crippen molar-refractivity contribution in [2.75, 3.05) is 0 Å². The Bertz CT molecular complexity index is 863. The quantitative estimate of drug-likeness (QED) is 0.871. The number of nitrogens with zero attached hydrogens (tertiary/aromatic N) is 3. The lowest BCUT2D eigenvalue weighted by Gasteiger charge is -2.13. The minimum atomic E-state index is -0.487. The van der Waals surface area contributed by atoms with E-state index in [2.05, 4.69) is 4.99 Å². The van der Waals surface area contributed by atoms with Gasteiger partial charge in [-0.1, -0.05) is 30.7 Å². The highest BCUT2D eigenvalue weighted by Crippen LogP contribution is 2.25. The van der Waals surface area contributed by atoms with Crippen molar-refractivity contribution in [1.29, 1.82) is 5.26 Å². The first-order valence-electron chi connectivity index (χ1n) is 7.16. The molecule has 0 aliphatic carbocycles. The van der Waals surface area contributed by atoms with E-state index in [1.807, 2.05) is 13.0 Å². The van der Waals surface area contributed by atoms with Gasteiger partial charge in [0.05, 0.1) is 16.3 Å². The van der Waals surface area contributed by atoms with Gasteiger partial charge in [-0.15, -0.1) is 0 Å². The van der Waals surface area contributed by atoms with Crippen LogP contribution in [0.15, 0.2) is 34.1 Å². The second-order valence-corrected chi connectivity index (χ2v) is 5.42. The molecule has 0 saturated heterocycles. The molecule has 0 radical (unpaired) electrons. The second kappa shape index (κ2) is 7.12. The number of benzene rings is 1. The Morgan fingerprint density at radius 2 is 2.13 bits per heavy atom. The molecule has 0 unspecified atom stereocenters. The molecule has 1 aromatic heterocycles. The summed E-state index contributed by atoms with van der Waals surface area (Å²) in [5, 5.41) is 20.1. The molecule has 1 aromatic carbocycles. The van der Waals surface area contributed by atoms with Crippen molar-refractivity contribution in [2.45, 2.75) is 26.8 Å². The minimum absolute atomic E-state index is 0.0110. The number of halogens is 1. The predicted octanol–water partition coefficient (Wildman–Crippen LogP) is 3.55. The third kappa shape index (κ3) is 3.27. The molecule has 6 heteroatoms. The highest BCUT2D eigenvalue weighted by atomic mass is 35.5. The summed E-state index contributed by atoms with van der Waals surface area (Å²) in [7, 11) is 0. The maximum atomic E-state index is 12.2.